The van der Waals surface area contributed by atoms with Crippen molar-refractivity contribution in [2.75, 3.05) is 12.3 Å². The van der Waals surface area contributed by atoms with Gasteiger partial charge in [-0.1, -0.05) is 12.1 Å². The first-order valence-corrected chi connectivity index (χ1v) is 5.37. The maximum absolute atomic E-state index is 12.2. The Bertz CT molecular complexity index is 435. The second-order valence-electron chi connectivity index (χ2n) is 4.08. The molecular weight excluding hydrogens is 254 g/mol. The molecule has 6 heteroatoms. The monoisotopic (exact) mass is 271 g/mol. The molecule has 0 spiro atoms. The highest BCUT2D eigenvalue weighted by Gasteiger charge is 2.21. The molecule has 2 amide bonds. The van der Waals surface area contributed by atoms with E-state index in [1.165, 1.54) is 4.90 Å². The minimum absolute atomic E-state index is 0. The zero-order valence-electron chi connectivity index (χ0n) is 10.4. The van der Waals surface area contributed by atoms with E-state index >= 15 is 0 Å². The standard InChI is InChI=1S/C12H17N3O2.ClH/c1-8(2)15(7-11(14)16)12(17)9-5-3-4-6-10(9)13;/h3-6,8H,7,13H2,1-2H3,(H2,14,16);1H. The SMILES string of the molecule is CC(C)N(CC(N)=O)C(=O)c1ccccc1N.Cl. The van der Waals surface area contributed by atoms with Gasteiger partial charge in [0.2, 0.25) is 5.91 Å². The molecule has 0 aliphatic carbocycles. The lowest BCUT2D eigenvalue weighted by Crippen LogP contribution is -2.42. The van der Waals surface area contributed by atoms with Crippen molar-refractivity contribution < 1.29 is 9.59 Å². The Balaban J connectivity index is 0.00000289. The number of benzene rings is 1. The molecule has 0 radical (unpaired) electrons. The van der Waals surface area contributed by atoms with Crippen molar-refractivity contribution in [1.29, 1.82) is 0 Å². The average molecular weight is 272 g/mol. The van der Waals surface area contributed by atoms with Crippen LogP contribution in [0.25, 0.3) is 0 Å². The molecule has 0 saturated heterocycles. The zero-order valence-corrected chi connectivity index (χ0v) is 11.2. The Kier molecular flexibility index (Phi) is 6.19. The highest BCUT2D eigenvalue weighted by molar-refractivity contribution is 6.00. The molecule has 4 N–H and O–H groups in total. The molecule has 1 rings (SSSR count). The number of anilines is 1. The summed E-state index contributed by atoms with van der Waals surface area (Å²) in [6.45, 7) is 3.53. The number of hydrogen-bond acceptors (Lipinski definition) is 3. The van der Waals surface area contributed by atoms with E-state index in [1.807, 2.05) is 13.8 Å². The summed E-state index contributed by atoms with van der Waals surface area (Å²) in [5.41, 5.74) is 11.6. The van der Waals surface area contributed by atoms with E-state index in [1.54, 1.807) is 24.3 Å². The molecule has 0 atom stereocenters. The van der Waals surface area contributed by atoms with Gasteiger partial charge < -0.3 is 16.4 Å². The van der Waals surface area contributed by atoms with Crippen LogP contribution in [-0.4, -0.2) is 29.3 Å². The predicted octanol–water partition coefficient (Wildman–Crippen LogP) is 1.03. The molecule has 0 aliphatic rings. The Morgan fingerprint density at radius 3 is 2.28 bits per heavy atom. The molecular formula is C12H18ClN3O2. The molecule has 0 saturated carbocycles. The van der Waals surface area contributed by atoms with Crippen LogP contribution in [0.3, 0.4) is 0 Å². The number of carbonyl (C=O) groups excluding carboxylic acids is 2. The summed E-state index contributed by atoms with van der Waals surface area (Å²) in [4.78, 5) is 24.5. The van der Waals surface area contributed by atoms with Gasteiger partial charge in [0.05, 0.1) is 12.1 Å². The van der Waals surface area contributed by atoms with Crippen molar-refractivity contribution >= 4 is 29.9 Å². The van der Waals surface area contributed by atoms with Crippen LogP contribution in [0.15, 0.2) is 24.3 Å². The van der Waals surface area contributed by atoms with Crippen LogP contribution in [-0.2, 0) is 4.79 Å². The smallest absolute Gasteiger partial charge is 0.256 e. The molecule has 0 aromatic heterocycles. The van der Waals surface area contributed by atoms with E-state index in [0.717, 1.165) is 0 Å². The van der Waals surface area contributed by atoms with Crippen LogP contribution in [0.1, 0.15) is 24.2 Å². The van der Waals surface area contributed by atoms with Crippen LogP contribution in [0.2, 0.25) is 0 Å². The van der Waals surface area contributed by atoms with Gasteiger partial charge in [-0.25, -0.2) is 0 Å². The van der Waals surface area contributed by atoms with Crippen molar-refractivity contribution in [3.63, 3.8) is 0 Å². The Morgan fingerprint density at radius 2 is 1.83 bits per heavy atom. The van der Waals surface area contributed by atoms with Crippen LogP contribution >= 0.6 is 12.4 Å². The van der Waals surface area contributed by atoms with E-state index in [2.05, 4.69) is 0 Å². The highest BCUT2D eigenvalue weighted by atomic mass is 35.5. The lowest BCUT2D eigenvalue weighted by Gasteiger charge is -2.25. The third-order valence-electron chi connectivity index (χ3n) is 2.40. The van der Waals surface area contributed by atoms with E-state index in [-0.39, 0.29) is 30.9 Å². The summed E-state index contributed by atoms with van der Waals surface area (Å²) in [5, 5.41) is 0. The fraction of sp³-hybridized carbons (Fsp3) is 0.333. The summed E-state index contributed by atoms with van der Waals surface area (Å²) in [6.07, 6.45) is 0. The maximum Gasteiger partial charge on any atom is 0.256 e. The quantitative estimate of drug-likeness (QED) is 0.802. The summed E-state index contributed by atoms with van der Waals surface area (Å²) >= 11 is 0. The number of para-hydroxylation sites is 1. The Hall–Kier alpha value is -1.75. The van der Waals surface area contributed by atoms with Gasteiger partial charge in [-0.2, -0.15) is 0 Å². The molecule has 0 aliphatic heterocycles. The van der Waals surface area contributed by atoms with E-state index < -0.39 is 5.91 Å². The normalized spacial score (nSPS) is 9.72. The van der Waals surface area contributed by atoms with Gasteiger partial charge in [-0.05, 0) is 26.0 Å². The van der Waals surface area contributed by atoms with Gasteiger partial charge in [0.25, 0.3) is 5.91 Å². The molecule has 5 nitrogen and oxygen atoms in total. The topological polar surface area (TPSA) is 89.4 Å². The van der Waals surface area contributed by atoms with E-state index in [0.29, 0.717) is 11.3 Å². The first-order valence-electron chi connectivity index (χ1n) is 5.37. The molecule has 18 heavy (non-hydrogen) atoms. The lowest BCUT2D eigenvalue weighted by molar-refractivity contribution is -0.119. The number of nitrogens with zero attached hydrogens (tertiary/aromatic N) is 1. The second-order valence-corrected chi connectivity index (χ2v) is 4.08. The fourth-order valence-corrected chi connectivity index (χ4v) is 1.50. The lowest BCUT2D eigenvalue weighted by atomic mass is 10.1. The summed E-state index contributed by atoms with van der Waals surface area (Å²) in [7, 11) is 0. The third kappa shape index (κ3) is 3.92. The molecule has 1 aromatic carbocycles. The van der Waals surface area contributed by atoms with Crippen LogP contribution in [0.5, 0.6) is 0 Å². The van der Waals surface area contributed by atoms with Gasteiger partial charge in [0.15, 0.2) is 0 Å². The number of primary amides is 1. The van der Waals surface area contributed by atoms with Gasteiger partial charge in [0, 0.05) is 11.7 Å². The van der Waals surface area contributed by atoms with Crippen LogP contribution in [0, 0.1) is 0 Å². The highest BCUT2D eigenvalue weighted by Crippen LogP contribution is 2.14. The summed E-state index contributed by atoms with van der Waals surface area (Å²) < 4.78 is 0. The van der Waals surface area contributed by atoms with Crippen molar-refractivity contribution in [3.8, 4) is 0 Å². The molecule has 0 fully saturated rings. The number of nitrogens with two attached hydrogens (primary N) is 2. The number of amides is 2. The predicted molar refractivity (Wildman–Crippen MR) is 73.5 cm³/mol. The van der Waals surface area contributed by atoms with Gasteiger partial charge in [-0.15, -0.1) is 12.4 Å². The van der Waals surface area contributed by atoms with Crippen molar-refractivity contribution in [1.82, 2.24) is 4.90 Å². The zero-order chi connectivity index (χ0) is 13.0. The Morgan fingerprint density at radius 1 is 1.28 bits per heavy atom. The molecule has 0 unspecified atom stereocenters. The minimum atomic E-state index is -0.540. The first-order chi connectivity index (χ1) is 7.93. The molecule has 100 valence electrons. The van der Waals surface area contributed by atoms with E-state index in [4.69, 9.17) is 11.5 Å². The molecule has 0 heterocycles. The van der Waals surface area contributed by atoms with Crippen molar-refractivity contribution in [3.05, 3.63) is 29.8 Å². The van der Waals surface area contributed by atoms with Gasteiger partial charge in [-0.3, -0.25) is 9.59 Å². The number of hydrogen-bond donors (Lipinski definition) is 2. The van der Waals surface area contributed by atoms with Gasteiger partial charge in [0.1, 0.15) is 0 Å². The molecule has 0 bridgehead atoms. The minimum Gasteiger partial charge on any atom is -0.398 e. The Labute approximate surface area is 113 Å². The van der Waals surface area contributed by atoms with Gasteiger partial charge >= 0.3 is 0 Å². The number of carbonyl (C=O) groups is 2. The summed E-state index contributed by atoms with van der Waals surface area (Å²) in [6, 6.07) is 6.64. The fourth-order valence-electron chi connectivity index (χ4n) is 1.50. The van der Waals surface area contributed by atoms with E-state index in [9.17, 15) is 9.59 Å². The maximum atomic E-state index is 12.2. The number of halogens is 1. The van der Waals surface area contributed by atoms with Crippen LogP contribution < -0.4 is 11.5 Å². The summed E-state index contributed by atoms with van der Waals surface area (Å²) in [5.74, 6) is -0.821. The number of nitrogen functional groups attached to an aromatic ring is 1. The molecule has 1 aromatic rings. The third-order valence-corrected chi connectivity index (χ3v) is 2.40. The largest absolute Gasteiger partial charge is 0.398 e. The van der Waals surface area contributed by atoms with Crippen LogP contribution in [0.4, 0.5) is 5.69 Å². The van der Waals surface area contributed by atoms with Crippen molar-refractivity contribution in [2.24, 2.45) is 5.73 Å². The van der Waals surface area contributed by atoms with Crippen molar-refractivity contribution in [2.45, 2.75) is 19.9 Å². The number of rotatable bonds is 4. The average Bonchev–Trinajstić information content (AvgIpc) is 2.25. The second kappa shape index (κ2) is 6.86. The first kappa shape index (κ1) is 16.2.